The number of anilines is 1. The predicted octanol–water partition coefficient (Wildman–Crippen LogP) is 2.04. The van der Waals surface area contributed by atoms with E-state index in [1.165, 1.54) is 0 Å². The van der Waals surface area contributed by atoms with Gasteiger partial charge in [-0.25, -0.2) is 4.98 Å². The predicted molar refractivity (Wildman–Crippen MR) is 68.9 cm³/mol. The van der Waals surface area contributed by atoms with Crippen LogP contribution in [0, 0.1) is 11.3 Å². The largest absolute Gasteiger partial charge is 0.368 e. The highest BCUT2D eigenvalue weighted by molar-refractivity contribution is 5.42. The van der Waals surface area contributed by atoms with Gasteiger partial charge in [0.05, 0.1) is 11.6 Å². The molecule has 0 spiro atoms. The molecule has 2 aromatic rings. The maximum Gasteiger partial charge on any atom is 0.127 e. The molecule has 0 radical (unpaired) electrons. The Labute approximate surface area is 106 Å². The van der Waals surface area contributed by atoms with Crippen molar-refractivity contribution >= 4 is 5.82 Å². The fourth-order valence-corrected chi connectivity index (χ4v) is 1.66. The number of rotatable bonds is 5. The maximum absolute atomic E-state index is 8.81. The molecule has 1 unspecified atom stereocenters. The lowest BCUT2D eigenvalue weighted by atomic mass is 10.2. The Bertz CT molecular complexity index is 527. The van der Waals surface area contributed by atoms with Crippen LogP contribution in [0.2, 0.25) is 0 Å². The molecule has 0 aliphatic rings. The Morgan fingerprint density at radius 2 is 2.39 bits per heavy atom. The van der Waals surface area contributed by atoms with Gasteiger partial charge in [-0.1, -0.05) is 0 Å². The van der Waals surface area contributed by atoms with Crippen LogP contribution < -0.4 is 5.32 Å². The zero-order valence-corrected chi connectivity index (χ0v) is 10.2. The molecule has 0 aliphatic heterocycles. The highest BCUT2D eigenvalue weighted by Gasteiger charge is 2.04. The molecular formula is C13H15N5. The minimum absolute atomic E-state index is 0.274. The van der Waals surface area contributed by atoms with Gasteiger partial charge in [0.25, 0.3) is 0 Å². The van der Waals surface area contributed by atoms with Crippen molar-refractivity contribution in [2.45, 2.75) is 25.9 Å². The van der Waals surface area contributed by atoms with E-state index in [9.17, 15) is 0 Å². The Hall–Kier alpha value is -2.35. The number of nitrogens with one attached hydrogen (secondary N) is 1. The molecule has 0 bridgehead atoms. The summed E-state index contributed by atoms with van der Waals surface area (Å²) < 4.78 is 1.90. The summed E-state index contributed by atoms with van der Waals surface area (Å²) in [4.78, 5) is 4.19. The van der Waals surface area contributed by atoms with E-state index in [-0.39, 0.29) is 6.04 Å². The molecule has 2 aromatic heterocycles. The number of hydrogen-bond acceptors (Lipinski definition) is 4. The normalized spacial score (nSPS) is 11.8. The second-order valence-corrected chi connectivity index (χ2v) is 4.14. The molecule has 5 nitrogen and oxygen atoms in total. The molecule has 2 rings (SSSR count). The van der Waals surface area contributed by atoms with Gasteiger partial charge in [0.2, 0.25) is 0 Å². The van der Waals surface area contributed by atoms with Crippen LogP contribution in [0.4, 0.5) is 5.82 Å². The molecule has 0 aromatic carbocycles. The number of aryl methyl sites for hydroxylation is 1. The number of pyridine rings is 1. The molecule has 0 amide bonds. The Morgan fingerprint density at radius 3 is 3.11 bits per heavy atom. The average molecular weight is 241 g/mol. The van der Waals surface area contributed by atoms with Gasteiger partial charge in [0, 0.05) is 31.2 Å². The third-order valence-corrected chi connectivity index (χ3v) is 2.63. The van der Waals surface area contributed by atoms with Gasteiger partial charge in [0.1, 0.15) is 5.82 Å². The lowest BCUT2D eigenvalue weighted by Crippen LogP contribution is -2.18. The van der Waals surface area contributed by atoms with Crippen molar-refractivity contribution in [2.24, 2.45) is 0 Å². The van der Waals surface area contributed by atoms with Crippen LogP contribution in [0.1, 0.15) is 18.9 Å². The summed E-state index contributed by atoms with van der Waals surface area (Å²) >= 11 is 0. The minimum atomic E-state index is 0.274. The van der Waals surface area contributed by atoms with Crippen molar-refractivity contribution < 1.29 is 0 Å². The van der Waals surface area contributed by atoms with Crippen LogP contribution in [0.5, 0.6) is 0 Å². The van der Waals surface area contributed by atoms with E-state index in [2.05, 4.69) is 28.4 Å². The van der Waals surface area contributed by atoms with Gasteiger partial charge in [-0.15, -0.1) is 0 Å². The second-order valence-electron chi connectivity index (χ2n) is 4.14. The third-order valence-electron chi connectivity index (χ3n) is 2.63. The lowest BCUT2D eigenvalue weighted by Gasteiger charge is -2.14. The molecule has 2 heterocycles. The molecular weight excluding hydrogens is 226 g/mol. The first-order valence-corrected chi connectivity index (χ1v) is 5.88. The number of aromatic nitrogens is 3. The van der Waals surface area contributed by atoms with Crippen molar-refractivity contribution in [1.82, 2.24) is 14.8 Å². The summed E-state index contributed by atoms with van der Waals surface area (Å²) in [6.45, 7) is 2.95. The van der Waals surface area contributed by atoms with Gasteiger partial charge in [-0.05, 0) is 31.5 Å². The topological polar surface area (TPSA) is 66.5 Å². The fourth-order valence-electron chi connectivity index (χ4n) is 1.66. The summed E-state index contributed by atoms with van der Waals surface area (Å²) in [7, 11) is 0. The molecule has 0 fully saturated rings. The monoisotopic (exact) mass is 241 g/mol. The van der Waals surface area contributed by atoms with Gasteiger partial charge in [0.15, 0.2) is 0 Å². The van der Waals surface area contributed by atoms with Crippen LogP contribution in [0.15, 0.2) is 36.8 Å². The Morgan fingerprint density at radius 1 is 1.50 bits per heavy atom. The fraction of sp³-hybridized carbons (Fsp3) is 0.308. The first-order valence-electron chi connectivity index (χ1n) is 5.88. The molecule has 0 aliphatic carbocycles. The van der Waals surface area contributed by atoms with Crippen LogP contribution in [-0.4, -0.2) is 20.8 Å². The summed E-state index contributed by atoms with van der Waals surface area (Å²) in [5.74, 6) is 0.738. The minimum Gasteiger partial charge on any atom is -0.368 e. The highest BCUT2D eigenvalue weighted by Crippen LogP contribution is 2.09. The zero-order chi connectivity index (χ0) is 12.8. The second kappa shape index (κ2) is 5.82. The number of hydrogen-bond donors (Lipinski definition) is 1. The molecule has 18 heavy (non-hydrogen) atoms. The highest BCUT2D eigenvalue weighted by atomic mass is 15.3. The van der Waals surface area contributed by atoms with Crippen LogP contribution in [0.25, 0.3) is 0 Å². The first-order chi connectivity index (χ1) is 8.78. The Kier molecular flexibility index (Phi) is 3.92. The van der Waals surface area contributed by atoms with Crippen molar-refractivity contribution in [2.75, 3.05) is 5.32 Å². The molecule has 0 saturated carbocycles. The number of nitriles is 1. The third kappa shape index (κ3) is 3.32. The van der Waals surface area contributed by atoms with Gasteiger partial charge in [-0.3, -0.25) is 4.68 Å². The quantitative estimate of drug-likeness (QED) is 0.869. The smallest absolute Gasteiger partial charge is 0.127 e. The maximum atomic E-state index is 8.81. The number of nitrogens with zero attached hydrogens (tertiary/aromatic N) is 4. The summed E-state index contributed by atoms with van der Waals surface area (Å²) in [5, 5.41) is 16.2. The summed E-state index contributed by atoms with van der Waals surface area (Å²) in [6.07, 6.45) is 6.30. The van der Waals surface area contributed by atoms with E-state index in [1.54, 1.807) is 24.5 Å². The van der Waals surface area contributed by atoms with Gasteiger partial charge in [-0.2, -0.15) is 10.4 Å². The zero-order valence-electron chi connectivity index (χ0n) is 10.2. The van der Waals surface area contributed by atoms with E-state index < -0.39 is 0 Å². The van der Waals surface area contributed by atoms with E-state index in [1.807, 2.05) is 16.9 Å². The van der Waals surface area contributed by atoms with Crippen LogP contribution in [-0.2, 0) is 6.54 Å². The van der Waals surface area contributed by atoms with Crippen molar-refractivity contribution in [1.29, 1.82) is 5.26 Å². The van der Waals surface area contributed by atoms with E-state index >= 15 is 0 Å². The van der Waals surface area contributed by atoms with E-state index in [0.717, 1.165) is 18.8 Å². The van der Waals surface area contributed by atoms with Crippen molar-refractivity contribution in [3.63, 3.8) is 0 Å². The Balaban J connectivity index is 1.87. The summed E-state index contributed by atoms with van der Waals surface area (Å²) in [5.41, 5.74) is 0.617. The lowest BCUT2D eigenvalue weighted by molar-refractivity contribution is 0.545. The van der Waals surface area contributed by atoms with Crippen molar-refractivity contribution in [3.05, 3.63) is 42.4 Å². The van der Waals surface area contributed by atoms with Crippen LogP contribution in [0.3, 0.4) is 0 Å². The van der Waals surface area contributed by atoms with Gasteiger partial charge >= 0.3 is 0 Å². The standard InChI is InChI=1S/C13H15N5/c1-11(4-8-18-7-2-5-16-18)17-13-9-12(10-14)3-6-15-13/h2-3,5-7,9,11H,4,8H2,1H3,(H,15,17). The molecule has 92 valence electrons. The average Bonchev–Trinajstić information content (AvgIpc) is 2.90. The van der Waals surface area contributed by atoms with E-state index in [4.69, 9.17) is 5.26 Å². The molecule has 0 saturated heterocycles. The summed E-state index contributed by atoms with van der Waals surface area (Å²) in [6, 6.07) is 7.74. The van der Waals surface area contributed by atoms with Gasteiger partial charge < -0.3 is 5.32 Å². The molecule has 5 heteroatoms. The molecule has 1 atom stereocenters. The first kappa shape index (κ1) is 12.1. The van der Waals surface area contributed by atoms with Crippen molar-refractivity contribution in [3.8, 4) is 6.07 Å². The SMILES string of the molecule is CC(CCn1cccn1)Nc1cc(C#N)ccn1. The molecule has 1 N–H and O–H groups in total. The van der Waals surface area contributed by atoms with E-state index in [0.29, 0.717) is 5.56 Å². The van der Waals surface area contributed by atoms with Crippen LogP contribution >= 0.6 is 0 Å².